The van der Waals surface area contributed by atoms with Gasteiger partial charge in [-0.25, -0.2) is 8.42 Å². The van der Waals surface area contributed by atoms with Crippen LogP contribution in [0.5, 0.6) is 0 Å². The van der Waals surface area contributed by atoms with Gasteiger partial charge in [0.1, 0.15) is 15.3 Å². The van der Waals surface area contributed by atoms with E-state index >= 15 is 0 Å². The molecule has 0 aliphatic heterocycles. The maximum absolute atomic E-state index is 11.9. The molecule has 0 fully saturated rings. The predicted molar refractivity (Wildman–Crippen MR) is 68.3 cm³/mol. The van der Waals surface area contributed by atoms with Crippen LogP contribution in [0.2, 0.25) is 8.67 Å². The van der Waals surface area contributed by atoms with E-state index in [-0.39, 0.29) is 13.6 Å². The van der Waals surface area contributed by atoms with Crippen molar-refractivity contribution in [1.29, 1.82) is 0 Å². The van der Waals surface area contributed by atoms with Crippen molar-refractivity contribution in [3.8, 4) is 0 Å². The van der Waals surface area contributed by atoms with Crippen molar-refractivity contribution in [2.75, 3.05) is 0 Å². The molecule has 0 saturated heterocycles. The highest BCUT2D eigenvalue weighted by molar-refractivity contribution is 7.89. The number of sulfonamides is 1. The minimum atomic E-state index is -4.26. The van der Waals surface area contributed by atoms with E-state index in [4.69, 9.17) is 33.4 Å². The van der Waals surface area contributed by atoms with E-state index in [1.807, 2.05) is 0 Å². The van der Waals surface area contributed by atoms with Crippen molar-refractivity contribution < 1.29 is 28.2 Å². The Hall–Kier alpha value is -0.870. The lowest BCUT2D eigenvalue weighted by Gasteiger charge is -2.12. The number of carboxylic acids is 2. The molecule has 1 aromatic heterocycles. The van der Waals surface area contributed by atoms with E-state index in [1.165, 1.54) is 0 Å². The Bertz CT molecular complexity index is 611. The molecule has 0 radical (unpaired) electrons. The van der Waals surface area contributed by atoms with Gasteiger partial charge >= 0.3 is 11.9 Å². The fourth-order valence-electron chi connectivity index (χ4n) is 1.11. The highest BCUT2D eigenvalue weighted by atomic mass is 35.5. The van der Waals surface area contributed by atoms with Crippen LogP contribution in [-0.4, -0.2) is 36.6 Å². The van der Waals surface area contributed by atoms with Crippen LogP contribution in [0, 0.1) is 0 Å². The van der Waals surface area contributed by atoms with Crippen LogP contribution in [0.1, 0.15) is 6.42 Å². The molecule has 0 aliphatic rings. The summed E-state index contributed by atoms with van der Waals surface area (Å²) in [6.45, 7) is 0. The smallest absolute Gasteiger partial charge is 0.322 e. The number of thiophene rings is 1. The zero-order valence-electron chi connectivity index (χ0n) is 8.96. The molecule has 0 bridgehead atoms. The molecule has 106 valence electrons. The fourth-order valence-corrected chi connectivity index (χ4v) is 4.45. The molecule has 19 heavy (non-hydrogen) atoms. The summed E-state index contributed by atoms with van der Waals surface area (Å²) < 4.78 is 25.4. The number of carbonyl (C=O) groups is 2. The summed E-state index contributed by atoms with van der Waals surface area (Å²) in [7, 11) is -4.26. The summed E-state index contributed by atoms with van der Waals surface area (Å²) in [5.41, 5.74) is 0. The van der Waals surface area contributed by atoms with E-state index in [2.05, 4.69) is 0 Å². The van der Waals surface area contributed by atoms with Crippen molar-refractivity contribution in [3.05, 3.63) is 14.7 Å². The number of carboxylic acid groups (broad SMARTS) is 2. The topological polar surface area (TPSA) is 121 Å². The Morgan fingerprint density at radius 3 is 2.32 bits per heavy atom. The molecule has 0 saturated carbocycles. The van der Waals surface area contributed by atoms with Crippen LogP contribution in [0.4, 0.5) is 0 Å². The Morgan fingerprint density at radius 2 is 1.95 bits per heavy atom. The van der Waals surface area contributed by atoms with Crippen molar-refractivity contribution in [2.24, 2.45) is 0 Å². The van der Waals surface area contributed by atoms with Crippen LogP contribution in [0.15, 0.2) is 11.0 Å². The molecule has 1 rings (SSSR count). The van der Waals surface area contributed by atoms with E-state index in [0.717, 1.165) is 17.4 Å². The molecule has 0 amide bonds. The molecule has 3 N–H and O–H groups in total. The predicted octanol–water partition coefficient (Wildman–Crippen LogP) is 1.26. The molecule has 1 atom stereocenters. The van der Waals surface area contributed by atoms with Crippen LogP contribution in [0.25, 0.3) is 0 Å². The summed E-state index contributed by atoms with van der Waals surface area (Å²) in [5, 5.41) is 17.3. The number of hydrogen-bond donors (Lipinski definition) is 3. The van der Waals surface area contributed by atoms with Crippen molar-refractivity contribution in [3.63, 3.8) is 0 Å². The Balaban J connectivity index is 3.04. The molecule has 7 nitrogen and oxygen atoms in total. The molecule has 0 spiro atoms. The Labute approximate surface area is 121 Å². The van der Waals surface area contributed by atoms with Crippen LogP contribution >= 0.6 is 34.5 Å². The molecular formula is C8H7Cl2NO6S2. The quantitative estimate of drug-likeness (QED) is 0.712. The number of rotatable bonds is 6. The third-order valence-electron chi connectivity index (χ3n) is 1.89. The summed E-state index contributed by atoms with van der Waals surface area (Å²) in [5.74, 6) is -3.06. The average Bonchev–Trinajstić information content (AvgIpc) is 2.56. The summed E-state index contributed by atoms with van der Waals surface area (Å²) >= 11 is 12.0. The van der Waals surface area contributed by atoms with Crippen LogP contribution < -0.4 is 4.72 Å². The third-order valence-corrected chi connectivity index (χ3v) is 5.11. The SMILES string of the molecule is O=C(O)C[C@H](NS(=O)(=O)c1cc(Cl)sc1Cl)C(=O)O. The van der Waals surface area contributed by atoms with Gasteiger partial charge in [0, 0.05) is 0 Å². The second-order valence-corrected chi connectivity index (χ2v) is 7.27. The van der Waals surface area contributed by atoms with Gasteiger partial charge in [-0.1, -0.05) is 23.2 Å². The van der Waals surface area contributed by atoms with Crippen LogP contribution in [-0.2, 0) is 19.6 Å². The van der Waals surface area contributed by atoms with Gasteiger partial charge in [0.15, 0.2) is 0 Å². The van der Waals surface area contributed by atoms with E-state index in [0.29, 0.717) is 0 Å². The highest BCUT2D eigenvalue weighted by Crippen LogP contribution is 2.34. The number of aliphatic carboxylic acids is 2. The average molecular weight is 348 g/mol. The molecule has 0 unspecified atom stereocenters. The summed E-state index contributed by atoms with van der Waals surface area (Å²) in [6, 6.07) is -0.742. The molecule has 0 aliphatic carbocycles. The highest BCUT2D eigenvalue weighted by Gasteiger charge is 2.29. The summed E-state index contributed by atoms with van der Waals surface area (Å²) in [6.07, 6.45) is -0.899. The standard InChI is InChI=1S/C8H7Cl2NO6S2/c9-5-2-4(7(10)18-5)19(16,17)11-3(8(14)15)1-6(12)13/h2-3,11H,1H2,(H,12,13)(H,14,15)/t3-/m0/s1. The Kier molecular flexibility index (Phi) is 5.16. The van der Waals surface area contributed by atoms with Gasteiger partial charge in [0.2, 0.25) is 10.0 Å². The van der Waals surface area contributed by atoms with Crippen molar-refractivity contribution in [1.82, 2.24) is 4.72 Å². The number of hydrogen-bond acceptors (Lipinski definition) is 5. The van der Waals surface area contributed by atoms with Crippen molar-refractivity contribution >= 4 is 56.5 Å². The second kappa shape index (κ2) is 6.06. The maximum Gasteiger partial charge on any atom is 0.322 e. The van der Waals surface area contributed by atoms with Gasteiger partial charge in [-0.05, 0) is 6.07 Å². The molecule has 1 heterocycles. The first kappa shape index (κ1) is 16.2. The normalized spacial score (nSPS) is 13.2. The third kappa shape index (κ3) is 4.32. The van der Waals surface area contributed by atoms with Gasteiger partial charge in [0.25, 0.3) is 0 Å². The van der Waals surface area contributed by atoms with Gasteiger partial charge in [-0.3, -0.25) is 9.59 Å². The van der Waals surface area contributed by atoms with E-state index in [9.17, 15) is 18.0 Å². The molecular weight excluding hydrogens is 341 g/mol. The lowest BCUT2D eigenvalue weighted by Crippen LogP contribution is -2.42. The zero-order chi connectivity index (χ0) is 14.8. The molecule has 0 aromatic carbocycles. The van der Waals surface area contributed by atoms with Gasteiger partial charge in [-0.15, -0.1) is 11.3 Å². The first-order valence-corrected chi connectivity index (χ1v) is 7.61. The second-order valence-electron chi connectivity index (χ2n) is 3.30. The molecule has 11 heteroatoms. The zero-order valence-corrected chi connectivity index (χ0v) is 12.1. The number of nitrogens with one attached hydrogen (secondary N) is 1. The summed E-state index contributed by atoms with van der Waals surface area (Å²) in [4.78, 5) is 20.9. The lowest BCUT2D eigenvalue weighted by molar-refractivity contribution is -0.145. The van der Waals surface area contributed by atoms with Crippen LogP contribution in [0.3, 0.4) is 0 Å². The number of halogens is 2. The first-order chi connectivity index (χ1) is 8.63. The Morgan fingerprint density at radius 1 is 1.37 bits per heavy atom. The molecule has 1 aromatic rings. The lowest BCUT2D eigenvalue weighted by atomic mass is 10.2. The largest absolute Gasteiger partial charge is 0.481 e. The maximum atomic E-state index is 11.9. The van der Waals surface area contributed by atoms with Gasteiger partial charge < -0.3 is 10.2 Å². The minimum Gasteiger partial charge on any atom is -0.481 e. The fraction of sp³-hybridized carbons (Fsp3) is 0.250. The van der Waals surface area contributed by atoms with E-state index < -0.39 is 34.4 Å². The van der Waals surface area contributed by atoms with Gasteiger partial charge in [0.05, 0.1) is 10.8 Å². The first-order valence-electron chi connectivity index (χ1n) is 4.55. The van der Waals surface area contributed by atoms with E-state index in [1.54, 1.807) is 4.72 Å². The van der Waals surface area contributed by atoms with Crippen molar-refractivity contribution in [2.45, 2.75) is 17.4 Å². The van der Waals surface area contributed by atoms with Gasteiger partial charge in [-0.2, -0.15) is 4.72 Å². The monoisotopic (exact) mass is 347 g/mol. The minimum absolute atomic E-state index is 0.107.